The summed E-state index contributed by atoms with van der Waals surface area (Å²) in [4.78, 5) is 0. The van der Waals surface area contributed by atoms with Crippen molar-refractivity contribution in [3.05, 3.63) is 66.5 Å². The maximum absolute atomic E-state index is 3.29. The summed E-state index contributed by atoms with van der Waals surface area (Å²) in [6.07, 6.45) is 4.09. The Kier molecular flexibility index (Phi) is 3.25. The standard InChI is InChI=1S/C17H17N3/c1-19-16-11-7-6-10-15(16)17(20(19)2)12-13-18-14-8-4-3-5-9-14/h3-13H,1-2H3/p+1. The van der Waals surface area contributed by atoms with Gasteiger partial charge in [-0.2, -0.15) is 4.68 Å². The summed E-state index contributed by atoms with van der Waals surface area (Å²) in [5, 5.41) is 4.54. The lowest BCUT2D eigenvalue weighted by Crippen LogP contribution is -2.39. The third-order valence-electron chi connectivity index (χ3n) is 3.59. The van der Waals surface area contributed by atoms with E-state index in [-0.39, 0.29) is 0 Å². The summed E-state index contributed by atoms with van der Waals surface area (Å²) < 4.78 is 4.30. The Morgan fingerprint density at radius 1 is 1.00 bits per heavy atom. The Bertz CT molecular complexity index is 755. The Labute approximate surface area is 118 Å². The zero-order chi connectivity index (χ0) is 13.9. The minimum absolute atomic E-state index is 1.09. The molecule has 0 radical (unpaired) electrons. The number of nitrogens with one attached hydrogen (secondary N) is 1. The number of para-hydroxylation sites is 2. The van der Waals surface area contributed by atoms with Crippen LogP contribution in [0.3, 0.4) is 0 Å². The lowest BCUT2D eigenvalue weighted by atomic mass is 10.2. The van der Waals surface area contributed by atoms with Gasteiger partial charge < -0.3 is 5.32 Å². The van der Waals surface area contributed by atoms with Crippen molar-refractivity contribution in [2.24, 2.45) is 14.1 Å². The Morgan fingerprint density at radius 2 is 1.70 bits per heavy atom. The SMILES string of the molecule is Cn1c2ccccc2c(C=CNc2ccccc2)[n+]1C. The van der Waals surface area contributed by atoms with Crippen molar-refractivity contribution in [3.63, 3.8) is 0 Å². The van der Waals surface area contributed by atoms with Gasteiger partial charge in [-0.1, -0.05) is 30.3 Å². The van der Waals surface area contributed by atoms with Crippen LogP contribution in [0, 0.1) is 0 Å². The summed E-state index contributed by atoms with van der Waals surface area (Å²) in [6.45, 7) is 0. The molecular formula is C17H18N3+. The lowest BCUT2D eigenvalue weighted by molar-refractivity contribution is -0.750. The molecule has 3 aromatic rings. The molecule has 1 aromatic heterocycles. The maximum atomic E-state index is 3.29. The van der Waals surface area contributed by atoms with Crippen molar-refractivity contribution in [2.45, 2.75) is 0 Å². The first-order valence-corrected chi connectivity index (χ1v) is 6.69. The Hall–Kier alpha value is -2.55. The van der Waals surface area contributed by atoms with Gasteiger partial charge in [-0.25, -0.2) is 0 Å². The molecule has 3 nitrogen and oxygen atoms in total. The van der Waals surface area contributed by atoms with Crippen LogP contribution in [0.25, 0.3) is 17.0 Å². The van der Waals surface area contributed by atoms with E-state index in [0.717, 1.165) is 5.69 Å². The fraction of sp³-hybridized carbons (Fsp3) is 0.118. The molecule has 0 bridgehead atoms. The van der Waals surface area contributed by atoms with Gasteiger partial charge in [-0.3, -0.25) is 0 Å². The molecule has 0 atom stereocenters. The molecule has 3 heteroatoms. The van der Waals surface area contributed by atoms with Crippen molar-refractivity contribution in [2.75, 3.05) is 5.32 Å². The summed E-state index contributed by atoms with van der Waals surface area (Å²) in [6, 6.07) is 18.6. The number of rotatable bonds is 3. The molecule has 0 unspecified atom stereocenters. The predicted molar refractivity (Wildman–Crippen MR) is 83.2 cm³/mol. The minimum Gasteiger partial charge on any atom is -0.361 e. The Balaban J connectivity index is 1.93. The van der Waals surface area contributed by atoms with Gasteiger partial charge in [-0.05, 0) is 24.3 Å². The second-order valence-electron chi connectivity index (χ2n) is 4.79. The zero-order valence-corrected chi connectivity index (χ0v) is 11.7. The number of aromatic nitrogens is 2. The monoisotopic (exact) mass is 264 g/mol. The van der Waals surface area contributed by atoms with E-state index in [1.807, 2.05) is 36.5 Å². The lowest BCUT2D eigenvalue weighted by Gasteiger charge is -1.97. The molecule has 0 amide bonds. The van der Waals surface area contributed by atoms with Crippen molar-refractivity contribution in [1.82, 2.24) is 4.68 Å². The topological polar surface area (TPSA) is 20.8 Å². The molecule has 0 saturated carbocycles. The average molecular weight is 264 g/mol. The van der Waals surface area contributed by atoms with Crippen LogP contribution in [-0.2, 0) is 14.1 Å². The van der Waals surface area contributed by atoms with Crippen molar-refractivity contribution in [1.29, 1.82) is 0 Å². The highest BCUT2D eigenvalue weighted by Gasteiger charge is 2.16. The second-order valence-corrected chi connectivity index (χ2v) is 4.79. The second kappa shape index (κ2) is 5.21. The van der Waals surface area contributed by atoms with Crippen LogP contribution in [-0.4, -0.2) is 4.68 Å². The van der Waals surface area contributed by atoms with E-state index in [9.17, 15) is 0 Å². The molecular weight excluding hydrogens is 246 g/mol. The minimum atomic E-state index is 1.09. The predicted octanol–water partition coefficient (Wildman–Crippen LogP) is 3.09. The van der Waals surface area contributed by atoms with Gasteiger partial charge in [0.25, 0.3) is 0 Å². The van der Waals surface area contributed by atoms with E-state index in [1.54, 1.807) is 0 Å². The van der Waals surface area contributed by atoms with Gasteiger partial charge in [0.1, 0.15) is 5.52 Å². The molecule has 0 saturated heterocycles. The fourth-order valence-electron chi connectivity index (χ4n) is 2.42. The largest absolute Gasteiger partial charge is 0.361 e. The molecule has 3 rings (SSSR count). The van der Waals surface area contributed by atoms with Crippen LogP contribution in [0.4, 0.5) is 5.69 Å². The fourth-order valence-corrected chi connectivity index (χ4v) is 2.42. The molecule has 1 heterocycles. The van der Waals surface area contributed by atoms with Crippen molar-refractivity contribution in [3.8, 4) is 0 Å². The summed E-state index contributed by atoms with van der Waals surface area (Å²) in [5.41, 5.74) is 3.51. The van der Waals surface area contributed by atoms with E-state index in [4.69, 9.17) is 0 Å². The first kappa shape index (κ1) is 12.5. The number of hydrogen-bond donors (Lipinski definition) is 1. The van der Waals surface area contributed by atoms with E-state index >= 15 is 0 Å². The van der Waals surface area contributed by atoms with E-state index in [2.05, 4.69) is 59.1 Å². The van der Waals surface area contributed by atoms with E-state index in [0.29, 0.717) is 0 Å². The highest BCUT2D eigenvalue weighted by Crippen LogP contribution is 2.17. The van der Waals surface area contributed by atoms with Crippen molar-refractivity contribution < 1.29 is 4.68 Å². The molecule has 0 aliphatic heterocycles. The zero-order valence-electron chi connectivity index (χ0n) is 11.7. The Morgan fingerprint density at radius 3 is 2.50 bits per heavy atom. The first-order chi connectivity index (χ1) is 9.77. The highest BCUT2D eigenvalue weighted by molar-refractivity contribution is 5.85. The van der Waals surface area contributed by atoms with Crippen LogP contribution in [0.5, 0.6) is 0 Å². The number of anilines is 1. The summed E-state index contributed by atoms with van der Waals surface area (Å²) in [7, 11) is 4.15. The van der Waals surface area contributed by atoms with Crippen LogP contribution in [0.1, 0.15) is 5.69 Å². The number of nitrogens with zero attached hydrogens (tertiary/aromatic N) is 2. The van der Waals surface area contributed by atoms with Gasteiger partial charge in [0, 0.05) is 18.0 Å². The van der Waals surface area contributed by atoms with Crippen LogP contribution >= 0.6 is 0 Å². The molecule has 100 valence electrons. The molecule has 0 aliphatic rings. The maximum Gasteiger partial charge on any atom is 0.240 e. The number of fused-ring (bicyclic) bond motifs is 1. The average Bonchev–Trinajstić information content (AvgIpc) is 2.74. The first-order valence-electron chi connectivity index (χ1n) is 6.69. The number of aryl methyl sites for hydroxylation is 1. The van der Waals surface area contributed by atoms with Crippen LogP contribution in [0.15, 0.2) is 60.8 Å². The van der Waals surface area contributed by atoms with Crippen molar-refractivity contribution >= 4 is 22.7 Å². The molecule has 20 heavy (non-hydrogen) atoms. The van der Waals surface area contributed by atoms with Gasteiger partial charge in [-0.15, -0.1) is 4.68 Å². The number of hydrogen-bond acceptors (Lipinski definition) is 1. The molecule has 0 spiro atoms. The van der Waals surface area contributed by atoms with Gasteiger partial charge in [0.05, 0.1) is 12.4 Å². The van der Waals surface area contributed by atoms with Gasteiger partial charge >= 0.3 is 0 Å². The van der Waals surface area contributed by atoms with E-state index in [1.165, 1.54) is 16.6 Å². The van der Waals surface area contributed by atoms with Crippen LogP contribution < -0.4 is 10.00 Å². The van der Waals surface area contributed by atoms with E-state index < -0.39 is 0 Å². The number of benzene rings is 2. The molecule has 2 aromatic carbocycles. The third-order valence-corrected chi connectivity index (χ3v) is 3.59. The van der Waals surface area contributed by atoms with Gasteiger partial charge in [0.2, 0.25) is 5.69 Å². The molecule has 1 N–H and O–H groups in total. The third kappa shape index (κ3) is 2.18. The van der Waals surface area contributed by atoms with Crippen LogP contribution in [0.2, 0.25) is 0 Å². The highest BCUT2D eigenvalue weighted by atomic mass is 15.4. The molecule has 0 fully saturated rings. The summed E-state index contributed by atoms with van der Waals surface area (Å²) in [5.74, 6) is 0. The molecule has 0 aliphatic carbocycles. The summed E-state index contributed by atoms with van der Waals surface area (Å²) >= 11 is 0. The smallest absolute Gasteiger partial charge is 0.240 e. The normalized spacial score (nSPS) is 11.3. The quantitative estimate of drug-likeness (QED) is 0.721. The van der Waals surface area contributed by atoms with Gasteiger partial charge in [0.15, 0.2) is 7.05 Å².